The molecule has 0 aromatic heterocycles. The average Bonchev–Trinajstić information content (AvgIpc) is 3.02. The van der Waals surface area contributed by atoms with Crippen LogP contribution in [-0.2, 0) is 0 Å². The summed E-state index contributed by atoms with van der Waals surface area (Å²) in [7, 11) is 0. The smallest absolute Gasteiger partial charge is 0.0227 e. The summed E-state index contributed by atoms with van der Waals surface area (Å²) in [6.07, 6.45) is 37.0. The van der Waals surface area contributed by atoms with Crippen molar-refractivity contribution in [3.05, 3.63) is 47.5 Å². The van der Waals surface area contributed by atoms with Crippen molar-refractivity contribution in [1.29, 1.82) is 0 Å². The van der Waals surface area contributed by atoms with Crippen LogP contribution in [0.25, 0.3) is 11.1 Å². The highest BCUT2D eigenvalue weighted by Crippen LogP contribution is 2.44. The quantitative estimate of drug-likeness (QED) is 0.230. The van der Waals surface area contributed by atoms with E-state index in [0.29, 0.717) is 0 Å². The molecule has 0 saturated heterocycles. The maximum atomic E-state index is 2.62. The molecule has 0 bridgehead atoms. The zero-order valence-electron chi connectivity index (χ0n) is 26.5. The second-order valence-electron chi connectivity index (χ2n) is 14.7. The van der Waals surface area contributed by atoms with Gasteiger partial charge in [0, 0.05) is 0 Å². The molecule has 0 amide bonds. The van der Waals surface area contributed by atoms with Gasteiger partial charge in [0.15, 0.2) is 0 Å². The number of hydrogen-bond acceptors (Lipinski definition) is 0. The van der Waals surface area contributed by atoms with Crippen molar-refractivity contribution >= 4 is 11.1 Å². The second kappa shape index (κ2) is 15.8. The Morgan fingerprint density at radius 1 is 0.475 bits per heavy atom. The summed E-state index contributed by atoms with van der Waals surface area (Å²) in [4.78, 5) is 0. The molecule has 1 aromatic rings. The van der Waals surface area contributed by atoms with Crippen molar-refractivity contribution < 1.29 is 0 Å². The summed E-state index contributed by atoms with van der Waals surface area (Å²) in [5.41, 5.74) is 6.23. The van der Waals surface area contributed by atoms with Crippen LogP contribution in [0.4, 0.5) is 0 Å². The molecule has 0 heterocycles. The fourth-order valence-corrected chi connectivity index (χ4v) is 9.25. The van der Waals surface area contributed by atoms with E-state index in [0.717, 1.165) is 35.5 Å². The first kappa shape index (κ1) is 30.2. The van der Waals surface area contributed by atoms with Crippen molar-refractivity contribution in [3.8, 4) is 0 Å². The van der Waals surface area contributed by atoms with Gasteiger partial charge in [-0.1, -0.05) is 127 Å². The van der Waals surface area contributed by atoms with Gasteiger partial charge in [0.05, 0.1) is 0 Å². The van der Waals surface area contributed by atoms with E-state index in [4.69, 9.17) is 0 Å². The van der Waals surface area contributed by atoms with Crippen molar-refractivity contribution in [2.75, 3.05) is 0 Å². The summed E-state index contributed by atoms with van der Waals surface area (Å²) in [6, 6.07) is 9.76. The summed E-state index contributed by atoms with van der Waals surface area (Å²) < 4.78 is 0. The highest BCUT2D eigenvalue weighted by Gasteiger charge is 2.30. The number of hydrogen-bond donors (Lipinski definition) is 0. The van der Waals surface area contributed by atoms with Gasteiger partial charge in [-0.15, -0.1) is 0 Å². The first-order valence-corrected chi connectivity index (χ1v) is 18.2. The van der Waals surface area contributed by atoms with Crippen LogP contribution in [0.3, 0.4) is 0 Å². The Labute approximate surface area is 248 Å². The zero-order valence-corrected chi connectivity index (χ0v) is 26.5. The Balaban J connectivity index is 1.05. The Kier molecular flexibility index (Phi) is 11.9. The molecule has 2 unspecified atom stereocenters. The van der Waals surface area contributed by atoms with Crippen LogP contribution in [0.1, 0.15) is 166 Å². The maximum absolute atomic E-state index is 2.62. The fraction of sp³-hybridized carbons (Fsp3) is 0.750. The molecule has 4 aliphatic carbocycles. The molecule has 2 atom stereocenters. The van der Waals surface area contributed by atoms with Crippen LogP contribution < -0.4 is 0 Å². The SMILES string of the molecule is CCCCC[C@H]1CC[C@H](C2CC=C(c3ccc(C4=CCC([C@H]5CC[C@H](CCCCC)CC5)CC4)cc3)CC2)CC1. The van der Waals surface area contributed by atoms with Gasteiger partial charge in [0.25, 0.3) is 0 Å². The van der Waals surface area contributed by atoms with E-state index >= 15 is 0 Å². The van der Waals surface area contributed by atoms with E-state index in [1.54, 1.807) is 11.1 Å². The fourth-order valence-electron chi connectivity index (χ4n) is 9.25. The van der Waals surface area contributed by atoms with Crippen molar-refractivity contribution in [3.63, 3.8) is 0 Å². The van der Waals surface area contributed by atoms with E-state index in [1.807, 2.05) is 0 Å². The predicted octanol–water partition coefficient (Wildman–Crippen LogP) is 12.8. The van der Waals surface area contributed by atoms with E-state index in [2.05, 4.69) is 50.3 Å². The molecule has 0 aliphatic heterocycles. The highest BCUT2D eigenvalue weighted by atomic mass is 14.4. The Bertz CT molecular complexity index is 838. The summed E-state index contributed by atoms with van der Waals surface area (Å²) in [5.74, 6) is 6.01. The topological polar surface area (TPSA) is 0 Å². The van der Waals surface area contributed by atoms with Crippen molar-refractivity contribution in [2.24, 2.45) is 35.5 Å². The Hall–Kier alpha value is -1.30. The molecule has 2 saturated carbocycles. The maximum Gasteiger partial charge on any atom is -0.0227 e. The van der Waals surface area contributed by atoms with Crippen molar-refractivity contribution in [1.82, 2.24) is 0 Å². The van der Waals surface area contributed by atoms with Crippen LogP contribution in [-0.4, -0.2) is 0 Å². The number of rotatable bonds is 12. The number of unbranched alkanes of at least 4 members (excludes halogenated alkanes) is 4. The largest absolute Gasteiger partial charge is 0.0804 e. The molecule has 0 nitrogen and oxygen atoms in total. The average molecular weight is 543 g/mol. The molecule has 0 N–H and O–H groups in total. The molecular formula is C40H62. The molecular weight excluding hydrogens is 480 g/mol. The molecule has 4 aliphatic rings. The third kappa shape index (κ3) is 8.38. The molecule has 40 heavy (non-hydrogen) atoms. The summed E-state index contributed by atoms with van der Waals surface area (Å²) >= 11 is 0. The zero-order chi connectivity index (χ0) is 27.6. The minimum Gasteiger partial charge on any atom is -0.0804 e. The number of benzene rings is 1. The second-order valence-corrected chi connectivity index (χ2v) is 14.7. The normalized spacial score (nSPS) is 31.4. The lowest BCUT2D eigenvalue weighted by atomic mass is 9.70. The van der Waals surface area contributed by atoms with Gasteiger partial charge in [-0.2, -0.15) is 0 Å². The Morgan fingerprint density at radius 2 is 0.875 bits per heavy atom. The van der Waals surface area contributed by atoms with Gasteiger partial charge in [0.1, 0.15) is 0 Å². The Morgan fingerprint density at radius 3 is 1.20 bits per heavy atom. The van der Waals surface area contributed by atoms with Crippen molar-refractivity contribution in [2.45, 2.75) is 155 Å². The lowest BCUT2D eigenvalue weighted by molar-refractivity contribution is 0.187. The first-order chi connectivity index (χ1) is 19.7. The minimum atomic E-state index is 0.955. The third-order valence-corrected chi connectivity index (χ3v) is 12.1. The first-order valence-electron chi connectivity index (χ1n) is 18.2. The van der Waals surface area contributed by atoms with Gasteiger partial charge >= 0.3 is 0 Å². The van der Waals surface area contributed by atoms with Crippen LogP contribution in [0, 0.1) is 35.5 Å². The molecule has 222 valence electrons. The molecule has 5 rings (SSSR count). The molecule has 0 heteroatoms. The van der Waals surface area contributed by atoms with E-state index in [9.17, 15) is 0 Å². The van der Waals surface area contributed by atoms with E-state index < -0.39 is 0 Å². The molecule has 0 spiro atoms. The summed E-state index contributed by atoms with van der Waals surface area (Å²) in [6.45, 7) is 4.67. The van der Waals surface area contributed by atoms with Gasteiger partial charge < -0.3 is 0 Å². The molecule has 1 aromatic carbocycles. The van der Waals surface area contributed by atoms with E-state index in [1.165, 1.54) is 152 Å². The summed E-state index contributed by atoms with van der Waals surface area (Å²) in [5, 5.41) is 0. The third-order valence-electron chi connectivity index (χ3n) is 12.1. The van der Waals surface area contributed by atoms with Crippen LogP contribution >= 0.6 is 0 Å². The van der Waals surface area contributed by atoms with E-state index in [-0.39, 0.29) is 0 Å². The van der Waals surface area contributed by atoms with Crippen LogP contribution in [0.2, 0.25) is 0 Å². The monoisotopic (exact) mass is 542 g/mol. The van der Waals surface area contributed by atoms with Gasteiger partial charge in [-0.25, -0.2) is 0 Å². The molecule has 2 fully saturated rings. The van der Waals surface area contributed by atoms with Crippen LogP contribution in [0.5, 0.6) is 0 Å². The predicted molar refractivity (Wildman–Crippen MR) is 176 cm³/mol. The van der Waals surface area contributed by atoms with Gasteiger partial charge in [-0.3, -0.25) is 0 Å². The lowest BCUT2D eigenvalue weighted by Crippen LogP contribution is -2.23. The minimum absolute atomic E-state index is 0.955. The highest BCUT2D eigenvalue weighted by molar-refractivity contribution is 5.71. The number of allylic oxidation sites excluding steroid dienone is 4. The lowest BCUT2D eigenvalue weighted by Gasteiger charge is -2.36. The molecule has 0 radical (unpaired) electrons. The van der Waals surface area contributed by atoms with Gasteiger partial charge in [-0.05, 0) is 122 Å². The standard InChI is InChI=1S/C40H62/c1-3-5-7-9-31-11-15-33(16-12-31)35-19-23-37(24-20-35)39-27-29-40(30-28-39)38-25-21-36(22-26-38)34-17-13-32(14-18-34)10-8-6-4-2/h23,25,27-36H,3-22,24,26H2,1-2H3/t31-,32-,33-,34-,35?,36?. The van der Waals surface area contributed by atoms with Gasteiger partial charge in [0.2, 0.25) is 0 Å². The van der Waals surface area contributed by atoms with Crippen LogP contribution in [0.15, 0.2) is 36.4 Å².